The van der Waals surface area contributed by atoms with E-state index in [1.807, 2.05) is 13.8 Å². The summed E-state index contributed by atoms with van der Waals surface area (Å²) < 4.78 is 18.4. The largest absolute Gasteiger partial charge is 0.339 e. The van der Waals surface area contributed by atoms with Gasteiger partial charge in [-0.2, -0.15) is 4.98 Å². The van der Waals surface area contributed by atoms with Gasteiger partial charge in [-0.15, -0.1) is 0 Å². The first-order valence-electron chi connectivity index (χ1n) is 6.91. The second-order valence-corrected chi connectivity index (χ2v) is 5.28. The van der Waals surface area contributed by atoms with E-state index in [1.165, 1.54) is 12.1 Å². The molecule has 2 atom stereocenters. The second kappa shape index (κ2) is 6.61. The fraction of sp³-hybridized carbons (Fsp3) is 0.467. The van der Waals surface area contributed by atoms with E-state index in [9.17, 15) is 4.39 Å². The molecule has 0 aliphatic carbocycles. The Morgan fingerprint density at radius 3 is 2.80 bits per heavy atom. The second-order valence-electron chi connectivity index (χ2n) is 5.28. The third kappa shape index (κ3) is 3.87. The van der Waals surface area contributed by atoms with Gasteiger partial charge >= 0.3 is 0 Å². The van der Waals surface area contributed by atoms with Gasteiger partial charge in [-0.25, -0.2) is 4.39 Å². The van der Waals surface area contributed by atoms with Gasteiger partial charge < -0.3 is 10.3 Å². The van der Waals surface area contributed by atoms with E-state index in [0.717, 1.165) is 19.3 Å². The van der Waals surface area contributed by atoms with E-state index in [2.05, 4.69) is 10.1 Å². The lowest BCUT2D eigenvalue weighted by Gasteiger charge is -2.07. The molecule has 0 amide bonds. The number of nitrogens with two attached hydrogens (primary N) is 1. The van der Waals surface area contributed by atoms with Crippen LogP contribution in [-0.4, -0.2) is 16.2 Å². The molecule has 0 fully saturated rings. The van der Waals surface area contributed by atoms with Crippen molar-refractivity contribution < 1.29 is 8.91 Å². The lowest BCUT2D eigenvalue weighted by atomic mass is 10.0. The summed E-state index contributed by atoms with van der Waals surface area (Å²) in [5.41, 5.74) is 6.35. The standard InChI is InChI=1S/C15H20FN3O/c1-10(5-3-6-11(2)17)15-18-14(19-20-15)12-7-4-8-13(16)9-12/h4,7-11H,3,5-6,17H2,1-2H3. The highest BCUT2D eigenvalue weighted by molar-refractivity contribution is 5.53. The molecule has 108 valence electrons. The minimum absolute atomic E-state index is 0.184. The Morgan fingerprint density at radius 1 is 1.30 bits per heavy atom. The van der Waals surface area contributed by atoms with E-state index in [1.54, 1.807) is 12.1 Å². The Balaban J connectivity index is 2.01. The summed E-state index contributed by atoms with van der Waals surface area (Å²) in [4.78, 5) is 4.34. The van der Waals surface area contributed by atoms with Crippen molar-refractivity contribution in [2.45, 2.75) is 45.1 Å². The molecular formula is C15H20FN3O. The maximum Gasteiger partial charge on any atom is 0.229 e. The third-order valence-electron chi connectivity index (χ3n) is 3.24. The molecule has 0 radical (unpaired) electrons. The lowest BCUT2D eigenvalue weighted by molar-refractivity contribution is 0.350. The quantitative estimate of drug-likeness (QED) is 0.877. The van der Waals surface area contributed by atoms with Crippen molar-refractivity contribution in [1.29, 1.82) is 0 Å². The van der Waals surface area contributed by atoms with E-state index in [4.69, 9.17) is 10.3 Å². The Kier molecular flexibility index (Phi) is 4.84. The molecule has 1 aromatic carbocycles. The van der Waals surface area contributed by atoms with Crippen molar-refractivity contribution in [1.82, 2.24) is 10.1 Å². The molecule has 0 aliphatic rings. The number of hydrogen-bond donors (Lipinski definition) is 1. The summed E-state index contributed by atoms with van der Waals surface area (Å²) in [5.74, 6) is 0.898. The van der Waals surface area contributed by atoms with Crippen molar-refractivity contribution in [3.05, 3.63) is 36.0 Å². The van der Waals surface area contributed by atoms with Crippen LogP contribution in [0.4, 0.5) is 4.39 Å². The van der Waals surface area contributed by atoms with Crippen LogP contribution in [0.15, 0.2) is 28.8 Å². The Morgan fingerprint density at radius 2 is 2.10 bits per heavy atom. The molecule has 2 N–H and O–H groups in total. The number of aromatic nitrogens is 2. The summed E-state index contributed by atoms with van der Waals surface area (Å²) in [6, 6.07) is 6.40. The van der Waals surface area contributed by atoms with Crippen LogP contribution < -0.4 is 5.73 Å². The molecule has 20 heavy (non-hydrogen) atoms. The van der Waals surface area contributed by atoms with Crippen LogP contribution in [-0.2, 0) is 0 Å². The Labute approximate surface area is 118 Å². The highest BCUT2D eigenvalue weighted by Gasteiger charge is 2.15. The normalized spacial score (nSPS) is 14.2. The molecule has 0 saturated heterocycles. The minimum Gasteiger partial charge on any atom is -0.339 e. The van der Waals surface area contributed by atoms with Crippen LogP contribution in [0.25, 0.3) is 11.4 Å². The zero-order chi connectivity index (χ0) is 14.5. The number of rotatable bonds is 6. The van der Waals surface area contributed by atoms with E-state index >= 15 is 0 Å². The summed E-state index contributed by atoms with van der Waals surface area (Å²) >= 11 is 0. The first-order chi connectivity index (χ1) is 9.56. The zero-order valence-electron chi connectivity index (χ0n) is 11.8. The van der Waals surface area contributed by atoms with Crippen LogP contribution in [0.3, 0.4) is 0 Å². The van der Waals surface area contributed by atoms with Gasteiger partial charge in [0.1, 0.15) is 5.82 Å². The minimum atomic E-state index is -0.307. The smallest absolute Gasteiger partial charge is 0.229 e. The van der Waals surface area contributed by atoms with Gasteiger partial charge in [0.05, 0.1) is 0 Å². The van der Waals surface area contributed by atoms with Crippen LogP contribution in [0, 0.1) is 5.82 Å². The highest BCUT2D eigenvalue weighted by atomic mass is 19.1. The van der Waals surface area contributed by atoms with Crippen molar-refractivity contribution in [2.75, 3.05) is 0 Å². The fourth-order valence-corrected chi connectivity index (χ4v) is 2.05. The number of hydrogen-bond acceptors (Lipinski definition) is 4. The molecule has 5 heteroatoms. The number of halogens is 1. The SMILES string of the molecule is CC(N)CCCC(C)c1nc(-c2cccc(F)c2)no1. The average molecular weight is 277 g/mol. The number of nitrogens with zero attached hydrogens (tertiary/aromatic N) is 2. The molecule has 2 unspecified atom stereocenters. The molecule has 0 spiro atoms. The molecule has 4 nitrogen and oxygen atoms in total. The number of benzene rings is 1. The summed E-state index contributed by atoms with van der Waals surface area (Å²) in [7, 11) is 0. The van der Waals surface area contributed by atoms with Crippen molar-refractivity contribution in [3.8, 4) is 11.4 Å². The molecule has 2 rings (SSSR count). The first kappa shape index (κ1) is 14.7. The monoisotopic (exact) mass is 277 g/mol. The van der Waals surface area contributed by atoms with Gasteiger partial charge in [0, 0.05) is 17.5 Å². The van der Waals surface area contributed by atoms with E-state index in [0.29, 0.717) is 17.3 Å². The lowest BCUT2D eigenvalue weighted by Crippen LogP contribution is -2.14. The van der Waals surface area contributed by atoms with Crippen LogP contribution in [0.5, 0.6) is 0 Å². The van der Waals surface area contributed by atoms with E-state index < -0.39 is 0 Å². The molecule has 2 aromatic rings. The molecule has 0 aliphatic heterocycles. The van der Waals surface area contributed by atoms with Crippen molar-refractivity contribution in [3.63, 3.8) is 0 Å². The predicted molar refractivity (Wildman–Crippen MR) is 75.6 cm³/mol. The zero-order valence-corrected chi connectivity index (χ0v) is 11.8. The highest BCUT2D eigenvalue weighted by Crippen LogP contribution is 2.23. The van der Waals surface area contributed by atoms with Gasteiger partial charge in [0.15, 0.2) is 0 Å². The maximum absolute atomic E-state index is 13.2. The molecule has 1 heterocycles. The van der Waals surface area contributed by atoms with E-state index in [-0.39, 0.29) is 17.8 Å². The summed E-state index contributed by atoms with van der Waals surface area (Å²) in [6.07, 6.45) is 2.96. The first-order valence-corrected chi connectivity index (χ1v) is 6.91. The Hall–Kier alpha value is -1.75. The topological polar surface area (TPSA) is 64.9 Å². The van der Waals surface area contributed by atoms with Gasteiger partial charge in [0.2, 0.25) is 11.7 Å². The van der Waals surface area contributed by atoms with Crippen LogP contribution in [0.1, 0.15) is 44.9 Å². The van der Waals surface area contributed by atoms with Crippen molar-refractivity contribution >= 4 is 0 Å². The molecule has 0 saturated carbocycles. The molecule has 1 aromatic heterocycles. The maximum atomic E-state index is 13.2. The van der Waals surface area contributed by atoms with Gasteiger partial charge in [-0.1, -0.05) is 30.6 Å². The third-order valence-corrected chi connectivity index (χ3v) is 3.24. The van der Waals surface area contributed by atoms with Crippen LogP contribution >= 0.6 is 0 Å². The molecule has 0 bridgehead atoms. The predicted octanol–water partition coefficient (Wildman–Crippen LogP) is 3.50. The summed E-state index contributed by atoms with van der Waals surface area (Å²) in [5, 5.41) is 3.91. The van der Waals surface area contributed by atoms with Gasteiger partial charge in [-0.3, -0.25) is 0 Å². The summed E-state index contributed by atoms with van der Waals surface area (Å²) in [6.45, 7) is 4.05. The molecular weight excluding hydrogens is 257 g/mol. The van der Waals surface area contributed by atoms with Crippen LogP contribution in [0.2, 0.25) is 0 Å². The fourth-order valence-electron chi connectivity index (χ4n) is 2.05. The Bertz CT molecular complexity index is 554. The van der Waals surface area contributed by atoms with Gasteiger partial charge in [-0.05, 0) is 31.9 Å². The van der Waals surface area contributed by atoms with Gasteiger partial charge in [0.25, 0.3) is 0 Å². The average Bonchev–Trinajstić information content (AvgIpc) is 2.87. The van der Waals surface area contributed by atoms with Crippen molar-refractivity contribution in [2.24, 2.45) is 5.73 Å².